The summed E-state index contributed by atoms with van der Waals surface area (Å²) in [6.07, 6.45) is 0. The second kappa shape index (κ2) is 4.40. The number of imidazole rings is 1. The topological polar surface area (TPSA) is 58.2 Å². The van der Waals surface area contributed by atoms with Gasteiger partial charge in [-0.2, -0.15) is 0 Å². The van der Waals surface area contributed by atoms with E-state index in [-0.39, 0.29) is 18.3 Å². The average molecular weight is 237 g/mol. The molecule has 2 rings (SSSR count). The fourth-order valence-electron chi connectivity index (χ4n) is 1.48. The summed E-state index contributed by atoms with van der Waals surface area (Å²) >= 11 is 0. The Morgan fingerprint density at radius 1 is 1.59 bits per heavy atom. The zero-order valence-electron chi connectivity index (χ0n) is 9.53. The number of esters is 1. The Morgan fingerprint density at radius 2 is 2.35 bits per heavy atom. The lowest BCUT2D eigenvalue weighted by Crippen LogP contribution is -2.27. The first-order valence-corrected chi connectivity index (χ1v) is 5.03. The quantitative estimate of drug-likeness (QED) is 0.818. The molecule has 0 radical (unpaired) electrons. The number of anilines is 1. The number of ether oxygens (including phenoxy) is 1. The van der Waals surface area contributed by atoms with Crippen LogP contribution in [0.3, 0.4) is 0 Å². The van der Waals surface area contributed by atoms with Gasteiger partial charge in [-0.15, -0.1) is 0 Å². The molecule has 0 amide bonds. The molecule has 0 spiro atoms. The van der Waals surface area contributed by atoms with Crippen LogP contribution in [0.2, 0.25) is 0 Å². The van der Waals surface area contributed by atoms with Crippen LogP contribution < -0.4 is 4.90 Å². The Labute approximate surface area is 97.2 Å². The first kappa shape index (κ1) is 11.4. The van der Waals surface area contributed by atoms with Crippen molar-refractivity contribution in [2.75, 3.05) is 25.6 Å². The van der Waals surface area contributed by atoms with Gasteiger partial charge in [0.2, 0.25) is 5.95 Å². The molecule has 1 N–H and O–H groups in total. The van der Waals surface area contributed by atoms with Crippen molar-refractivity contribution in [3.63, 3.8) is 0 Å². The first-order chi connectivity index (χ1) is 8.10. The fourth-order valence-corrected chi connectivity index (χ4v) is 1.48. The first-order valence-electron chi connectivity index (χ1n) is 5.03. The smallest absolute Gasteiger partial charge is 0.325 e. The second-order valence-corrected chi connectivity index (χ2v) is 3.65. The number of rotatable bonds is 3. The Hall–Kier alpha value is -2.11. The minimum atomic E-state index is -0.362. The highest BCUT2D eigenvalue weighted by molar-refractivity contribution is 5.79. The number of likely N-dealkylation sites (N-methyl/N-ethyl adjacent to an activating group) is 1. The van der Waals surface area contributed by atoms with Gasteiger partial charge in [-0.25, -0.2) is 9.37 Å². The second-order valence-electron chi connectivity index (χ2n) is 3.65. The molecular formula is C11H12FN3O2. The van der Waals surface area contributed by atoms with Gasteiger partial charge in [0.15, 0.2) is 0 Å². The molecule has 1 aromatic heterocycles. The maximum Gasteiger partial charge on any atom is 0.325 e. The molecule has 0 unspecified atom stereocenters. The molecule has 5 nitrogen and oxygen atoms in total. The van der Waals surface area contributed by atoms with Gasteiger partial charge >= 0.3 is 5.97 Å². The van der Waals surface area contributed by atoms with E-state index in [1.165, 1.54) is 19.2 Å². The van der Waals surface area contributed by atoms with Crippen LogP contribution in [-0.2, 0) is 9.53 Å². The minimum absolute atomic E-state index is 0.0821. The van der Waals surface area contributed by atoms with Crippen molar-refractivity contribution < 1.29 is 13.9 Å². The third kappa shape index (κ3) is 2.35. The summed E-state index contributed by atoms with van der Waals surface area (Å²) in [6, 6.07) is 4.28. The van der Waals surface area contributed by atoms with Crippen LogP contribution in [0.5, 0.6) is 0 Å². The standard InChI is InChI=1S/C11H12FN3O2/c1-15(6-10(16)17-2)11-13-8-4-3-7(12)5-9(8)14-11/h3-5H,6H2,1-2H3,(H,13,14). The molecule has 0 saturated heterocycles. The number of carbonyl (C=O) groups excluding carboxylic acids is 1. The minimum Gasteiger partial charge on any atom is -0.468 e. The Balaban J connectivity index is 2.27. The van der Waals surface area contributed by atoms with Crippen LogP contribution in [0.4, 0.5) is 10.3 Å². The lowest BCUT2D eigenvalue weighted by molar-refractivity contribution is -0.138. The summed E-state index contributed by atoms with van der Waals surface area (Å²) in [5.74, 6) is -0.196. The third-order valence-corrected chi connectivity index (χ3v) is 2.39. The van der Waals surface area contributed by atoms with Crippen molar-refractivity contribution in [1.29, 1.82) is 0 Å². The Bertz CT molecular complexity index is 553. The number of H-pyrrole nitrogens is 1. The largest absolute Gasteiger partial charge is 0.468 e. The number of hydrogen-bond acceptors (Lipinski definition) is 4. The van der Waals surface area contributed by atoms with E-state index in [1.807, 2.05) is 0 Å². The molecular weight excluding hydrogens is 225 g/mol. The number of aromatic amines is 1. The normalized spacial score (nSPS) is 10.5. The molecule has 6 heteroatoms. The molecule has 0 fully saturated rings. The molecule has 0 aliphatic heterocycles. The number of methoxy groups -OCH3 is 1. The summed E-state index contributed by atoms with van der Waals surface area (Å²) in [4.78, 5) is 19.9. The number of fused-ring (bicyclic) bond motifs is 1. The van der Waals surface area contributed by atoms with Gasteiger partial charge < -0.3 is 14.6 Å². The van der Waals surface area contributed by atoms with E-state index in [1.54, 1.807) is 18.0 Å². The molecule has 1 heterocycles. The summed E-state index contributed by atoms with van der Waals surface area (Å²) in [5, 5.41) is 0. The summed E-state index contributed by atoms with van der Waals surface area (Å²) in [6.45, 7) is 0.0821. The zero-order chi connectivity index (χ0) is 12.4. The van der Waals surface area contributed by atoms with Gasteiger partial charge in [-0.1, -0.05) is 0 Å². The molecule has 2 aromatic rings. The summed E-state index contributed by atoms with van der Waals surface area (Å²) < 4.78 is 17.5. The summed E-state index contributed by atoms with van der Waals surface area (Å²) in [7, 11) is 3.02. The van der Waals surface area contributed by atoms with Gasteiger partial charge in [0.25, 0.3) is 0 Å². The number of carbonyl (C=O) groups is 1. The predicted molar refractivity (Wildman–Crippen MR) is 61.3 cm³/mol. The SMILES string of the molecule is COC(=O)CN(C)c1nc2ccc(F)cc2[nH]1. The van der Waals surface area contributed by atoms with Crippen LogP contribution in [0.15, 0.2) is 18.2 Å². The van der Waals surface area contributed by atoms with Crippen LogP contribution in [-0.4, -0.2) is 36.6 Å². The highest BCUT2D eigenvalue weighted by Crippen LogP contribution is 2.17. The number of hydrogen-bond donors (Lipinski definition) is 1. The van der Waals surface area contributed by atoms with Crippen LogP contribution in [0.1, 0.15) is 0 Å². The Kier molecular flexibility index (Phi) is 2.95. The van der Waals surface area contributed by atoms with Crippen molar-refractivity contribution >= 4 is 23.0 Å². The van der Waals surface area contributed by atoms with Crippen molar-refractivity contribution in [3.05, 3.63) is 24.0 Å². The number of halogens is 1. The highest BCUT2D eigenvalue weighted by atomic mass is 19.1. The average Bonchev–Trinajstić information content (AvgIpc) is 2.71. The maximum absolute atomic E-state index is 13.0. The van der Waals surface area contributed by atoms with E-state index in [2.05, 4.69) is 14.7 Å². The van der Waals surface area contributed by atoms with Crippen LogP contribution in [0, 0.1) is 5.82 Å². The number of nitrogens with one attached hydrogen (secondary N) is 1. The van der Waals surface area contributed by atoms with Gasteiger partial charge in [0, 0.05) is 7.05 Å². The maximum atomic E-state index is 13.0. The molecule has 90 valence electrons. The third-order valence-electron chi connectivity index (χ3n) is 2.39. The van der Waals surface area contributed by atoms with E-state index in [9.17, 15) is 9.18 Å². The molecule has 0 bridgehead atoms. The van der Waals surface area contributed by atoms with Gasteiger partial charge in [-0.3, -0.25) is 4.79 Å². The zero-order valence-corrected chi connectivity index (χ0v) is 9.53. The van der Waals surface area contributed by atoms with Crippen molar-refractivity contribution in [1.82, 2.24) is 9.97 Å². The van der Waals surface area contributed by atoms with Crippen molar-refractivity contribution in [3.8, 4) is 0 Å². The molecule has 0 saturated carbocycles. The number of aromatic nitrogens is 2. The fraction of sp³-hybridized carbons (Fsp3) is 0.273. The molecule has 0 atom stereocenters. The molecule has 0 aliphatic carbocycles. The van der Waals surface area contributed by atoms with E-state index in [0.29, 0.717) is 17.0 Å². The van der Waals surface area contributed by atoms with Crippen molar-refractivity contribution in [2.24, 2.45) is 0 Å². The Morgan fingerprint density at radius 3 is 3.06 bits per heavy atom. The highest BCUT2D eigenvalue weighted by Gasteiger charge is 2.11. The lowest BCUT2D eigenvalue weighted by atomic mass is 10.3. The van der Waals surface area contributed by atoms with E-state index in [0.717, 1.165) is 0 Å². The van der Waals surface area contributed by atoms with Crippen LogP contribution in [0.25, 0.3) is 11.0 Å². The van der Waals surface area contributed by atoms with Gasteiger partial charge in [0.05, 0.1) is 18.1 Å². The molecule has 1 aromatic carbocycles. The van der Waals surface area contributed by atoms with E-state index >= 15 is 0 Å². The van der Waals surface area contributed by atoms with E-state index < -0.39 is 0 Å². The van der Waals surface area contributed by atoms with Gasteiger partial charge in [-0.05, 0) is 18.2 Å². The van der Waals surface area contributed by atoms with Crippen LogP contribution >= 0.6 is 0 Å². The van der Waals surface area contributed by atoms with Crippen molar-refractivity contribution in [2.45, 2.75) is 0 Å². The summed E-state index contributed by atoms with van der Waals surface area (Å²) in [5.41, 5.74) is 1.25. The molecule has 17 heavy (non-hydrogen) atoms. The number of benzene rings is 1. The van der Waals surface area contributed by atoms with E-state index in [4.69, 9.17) is 0 Å². The van der Waals surface area contributed by atoms with Gasteiger partial charge in [0.1, 0.15) is 12.4 Å². The predicted octanol–water partition coefficient (Wildman–Crippen LogP) is 1.31. The molecule has 0 aliphatic rings. The monoisotopic (exact) mass is 237 g/mol. The number of nitrogens with zero attached hydrogens (tertiary/aromatic N) is 2. The lowest BCUT2D eigenvalue weighted by Gasteiger charge is -2.13.